The lowest BCUT2D eigenvalue weighted by atomic mass is 9.93. The number of non-ortho nitro benzene ring substituents is 1. The molecule has 0 aliphatic carbocycles. The SMILES string of the molecule is N#CC(Cc1ccc([N+](=O)[O-])cc1)(N=Nc1ccccc1)C(=O)O. The number of benzene rings is 2. The Morgan fingerprint density at radius 3 is 2.33 bits per heavy atom. The van der Waals surface area contributed by atoms with Gasteiger partial charge in [0.25, 0.3) is 11.2 Å². The Hall–Kier alpha value is -3.60. The molecule has 0 fully saturated rings. The second-order valence-electron chi connectivity index (χ2n) is 4.91. The van der Waals surface area contributed by atoms with Gasteiger partial charge in [-0.1, -0.05) is 30.3 Å². The number of azo groups is 1. The summed E-state index contributed by atoms with van der Waals surface area (Å²) in [4.78, 5) is 21.7. The van der Waals surface area contributed by atoms with E-state index in [4.69, 9.17) is 0 Å². The summed E-state index contributed by atoms with van der Waals surface area (Å²) < 4.78 is 0. The number of hydrogen-bond donors (Lipinski definition) is 1. The Balaban J connectivity index is 2.31. The maximum absolute atomic E-state index is 11.6. The van der Waals surface area contributed by atoms with Gasteiger partial charge in [-0.05, 0) is 17.7 Å². The van der Waals surface area contributed by atoms with Crippen molar-refractivity contribution in [2.45, 2.75) is 12.0 Å². The normalized spacial score (nSPS) is 13.1. The van der Waals surface area contributed by atoms with Crippen molar-refractivity contribution in [1.82, 2.24) is 0 Å². The van der Waals surface area contributed by atoms with Crippen LogP contribution in [-0.2, 0) is 11.2 Å². The summed E-state index contributed by atoms with van der Waals surface area (Å²) in [5.74, 6) is -1.44. The van der Waals surface area contributed by atoms with Crippen LogP contribution in [0.2, 0.25) is 0 Å². The number of nitro benzene ring substituents is 1. The summed E-state index contributed by atoms with van der Waals surface area (Å²) in [7, 11) is 0. The monoisotopic (exact) mass is 324 g/mol. The number of carboxylic acid groups (broad SMARTS) is 1. The van der Waals surface area contributed by atoms with Crippen LogP contribution in [0.3, 0.4) is 0 Å². The molecule has 120 valence electrons. The third-order valence-electron chi connectivity index (χ3n) is 3.24. The number of nitro groups is 1. The van der Waals surface area contributed by atoms with E-state index in [1.807, 2.05) is 0 Å². The first-order valence-corrected chi connectivity index (χ1v) is 6.83. The molecule has 0 heterocycles. The summed E-state index contributed by atoms with van der Waals surface area (Å²) in [5, 5.41) is 37.0. The maximum atomic E-state index is 11.6. The molecule has 0 amide bonds. The zero-order valence-electron chi connectivity index (χ0n) is 12.4. The van der Waals surface area contributed by atoms with Crippen LogP contribution >= 0.6 is 0 Å². The lowest BCUT2D eigenvalue weighted by molar-refractivity contribution is -0.384. The van der Waals surface area contributed by atoms with Crippen molar-refractivity contribution in [3.63, 3.8) is 0 Å². The number of hydrogen-bond acceptors (Lipinski definition) is 6. The molecule has 2 aromatic carbocycles. The highest BCUT2D eigenvalue weighted by Gasteiger charge is 2.40. The molecular weight excluding hydrogens is 312 g/mol. The highest BCUT2D eigenvalue weighted by atomic mass is 16.6. The van der Waals surface area contributed by atoms with Gasteiger partial charge in [-0.25, -0.2) is 4.79 Å². The van der Waals surface area contributed by atoms with E-state index in [2.05, 4.69) is 10.2 Å². The predicted molar refractivity (Wildman–Crippen MR) is 83.7 cm³/mol. The first-order valence-electron chi connectivity index (χ1n) is 6.83. The van der Waals surface area contributed by atoms with Crippen molar-refractivity contribution >= 4 is 17.3 Å². The molecule has 0 aromatic heterocycles. The van der Waals surface area contributed by atoms with Gasteiger partial charge in [-0.3, -0.25) is 10.1 Å². The van der Waals surface area contributed by atoms with Crippen LogP contribution < -0.4 is 0 Å². The molecule has 1 atom stereocenters. The molecule has 0 aliphatic heterocycles. The molecule has 2 rings (SSSR count). The number of nitrogens with zero attached hydrogens (tertiary/aromatic N) is 4. The van der Waals surface area contributed by atoms with Gasteiger partial charge in [0.1, 0.15) is 6.07 Å². The number of carboxylic acids is 1. The van der Waals surface area contributed by atoms with Crippen molar-refractivity contribution in [2.75, 3.05) is 0 Å². The maximum Gasteiger partial charge on any atom is 0.348 e. The smallest absolute Gasteiger partial charge is 0.348 e. The summed E-state index contributed by atoms with van der Waals surface area (Å²) in [6, 6.07) is 15.4. The van der Waals surface area contributed by atoms with Crippen molar-refractivity contribution < 1.29 is 14.8 Å². The van der Waals surface area contributed by atoms with Crippen LogP contribution in [0.1, 0.15) is 5.56 Å². The number of carbonyl (C=O) groups is 1. The van der Waals surface area contributed by atoms with E-state index >= 15 is 0 Å². The molecule has 0 radical (unpaired) electrons. The van der Waals surface area contributed by atoms with Gasteiger partial charge < -0.3 is 5.11 Å². The third-order valence-corrected chi connectivity index (χ3v) is 3.24. The van der Waals surface area contributed by atoms with Gasteiger partial charge in [-0.15, -0.1) is 0 Å². The zero-order chi connectivity index (χ0) is 17.6. The fourth-order valence-electron chi connectivity index (χ4n) is 1.93. The predicted octanol–water partition coefficient (Wildman–Crippen LogP) is 3.27. The van der Waals surface area contributed by atoms with Crippen molar-refractivity contribution in [3.05, 3.63) is 70.3 Å². The molecule has 0 bridgehead atoms. The van der Waals surface area contributed by atoms with Gasteiger partial charge in [-0.2, -0.15) is 15.5 Å². The Kier molecular flexibility index (Phi) is 4.96. The molecule has 2 aromatic rings. The minimum atomic E-state index is -2.11. The number of aliphatic carboxylic acids is 1. The van der Waals surface area contributed by atoms with Gasteiger partial charge in [0.05, 0.1) is 10.6 Å². The Morgan fingerprint density at radius 2 is 1.83 bits per heavy atom. The van der Waals surface area contributed by atoms with E-state index in [1.165, 1.54) is 24.3 Å². The molecule has 1 unspecified atom stereocenters. The second kappa shape index (κ2) is 7.11. The summed E-state index contributed by atoms with van der Waals surface area (Å²) >= 11 is 0. The van der Waals surface area contributed by atoms with E-state index in [1.54, 1.807) is 36.4 Å². The molecule has 0 aliphatic rings. The highest BCUT2D eigenvalue weighted by Crippen LogP contribution is 2.23. The number of nitriles is 1. The van der Waals surface area contributed by atoms with Crippen LogP contribution in [0.25, 0.3) is 0 Å². The average molecular weight is 324 g/mol. The molecule has 8 nitrogen and oxygen atoms in total. The molecule has 0 saturated heterocycles. The largest absolute Gasteiger partial charge is 0.479 e. The van der Waals surface area contributed by atoms with Gasteiger partial charge in [0, 0.05) is 18.6 Å². The molecule has 1 N–H and O–H groups in total. The van der Waals surface area contributed by atoms with Crippen LogP contribution in [0.15, 0.2) is 64.8 Å². The minimum Gasteiger partial charge on any atom is -0.479 e. The zero-order valence-corrected chi connectivity index (χ0v) is 12.4. The van der Waals surface area contributed by atoms with E-state index in [9.17, 15) is 25.3 Å². The van der Waals surface area contributed by atoms with Crippen LogP contribution in [0, 0.1) is 21.4 Å². The first-order chi connectivity index (χ1) is 11.5. The van der Waals surface area contributed by atoms with Gasteiger partial charge in [0.15, 0.2) is 0 Å². The van der Waals surface area contributed by atoms with Crippen LogP contribution in [0.4, 0.5) is 11.4 Å². The third kappa shape index (κ3) is 3.78. The summed E-state index contributed by atoms with van der Waals surface area (Å²) in [6.45, 7) is 0. The van der Waals surface area contributed by atoms with Crippen molar-refractivity contribution in [1.29, 1.82) is 5.26 Å². The topological polar surface area (TPSA) is 129 Å². The first kappa shape index (κ1) is 16.8. The van der Waals surface area contributed by atoms with Crippen LogP contribution in [0.5, 0.6) is 0 Å². The lowest BCUT2D eigenvalue weighted by Crippen LogP contribution is -2.37. The molecule has 0 spiro atoms. The van der Waals surface area contributed by atoms with E-state index in [0.717, 1.165) is 0 Å². The summed E-state index contributed by atoms with van der Waals surface area (Å²) in [5.41, 5.74) is -1.38. The molecular formula is C16H12N4O4. The standard InChI is InChI=1S/C16H12N4O4/c17-11-16(15(21)22,19-18-13-4-2-1-3-5-13)10-12-6-8-14(9-7-12)20(23)24/h1-9H,10H2,(H,21,22). The fourth-order valence-corrected chi connectivity index (χ4v) is 1.93. The highest BCUT2D eigenvalue weighted by molar-refractivity contribution is 5.83. The molecule has 0 saturated carbocycles. The van der Waals surface area contributed by atoms with Crippen molar-refractivity contribution in [2.24, 2.45) is 10.2 Å². The van der Waals surface area contributed by atoms with Crippen LogP contribution in [-0.4, -0.2) is 21.5 Å². The van der Waals surface area contributed by atoms with Crippen molar-refractivity contribution in [3.8, 4) is 6.07 Å². The Morgan fingerprint density at radius 1 is 1.21 bits per heavy atom. The second-order valence-corrected chi connectivity index (χ2v) is 4.91. The Bertz CT molecular complexity index is 812. The minimum absolute atomic E-state index is 0.123. The van der Waals surface area contributed by atoms with E-state index in [0.29, 0.717) is 11.3 Å². The Labute approximate surface area is 136 Å². The van der Waals surface area contributed by atoms with Gasteiger partial charge >= 0.3 is 5.97 Å². The fraction of sp³-hybridized carbons (Fsp3) is 0.125. The number of rotatable bonds is 6. The average Bonchev–Trinajstić information content (AvgIpc) is 2.59. The van der Waals surface area contributed by atoms with E-state index in [-0.39, 0.29) is 12.1 Å². The quantitative estimate of drug-likeness (QED) is 0.495. The summed E-state index contributed by atoms with van der Waals surface area (Å²) in [6.07, 6.45) is -0.257. The molecule has 8 heteroatoms. The van der Waals surface area contributed by atoms with Gasteiger partial charge in [0.2, 0.25) is 0 Å². The van der Waals surface area contributed by atoms with E-state index < -0.39 is 16.4 Å². The lowest BCUT2D eigenvalue weighted by Gasteiger charge is -2.15. The molecule has 24 heavy (non-hydrogen) atoms.